The van der Waals surface area contributed by atoms with Crippen molar-refractivity contribution in [2.75, 3.05) is 5.73 Å². The zero-order valence-electron chi connectivity index (χ0n) is 9.71. The van der Waals surface area contributed by atoms with Crippen LogP contribution in [0.3, 0.4) is 0 Å². The minimum atomic E-state index is -0.424. The Morgan fingerprint density at radius 3 is 2.61 bits per heavy atom. The second-order valence-corrected chi connectivity index (χ2v) is 4.98. The van der Waals surface area contributed by atoms with Crippen molar-refractivity contribution < 1.29 is 9.18 Å². The first-order valence-corrected chi connectivity index (χ1v) is 6.13. The molecule has 0 aliphatic carbocycles. The number of aryl methyl sites for hydroxylation is 1. The molecule has 92 valence electrons. The van der Waals surface area contributed by atoms with Gasteiger partial charge in [-0.1, -0.05) is 22.0 Å². The molecule has 0 amide bonds. The van der Waals surface area contributed by atoms with Crippen LogP contribution in [0.1, 0.15) is 21.5 Å². The number of rotatable bonds is 2. The van der Waals surface area contributed by atoms with Crippen molar-refractivity contribution in [3.63, 3.8) is 0 Å². The van der Waals surface area contributed by atoms with Gasteiger partial charge in [-0.05, 0) is 42.8 Å². The van der Waals surface area contributed by atoms with E-state index in [1.165, 1.54) is 12.1 Å². The summed E-state index contributed by atoms with van der Waals surface area (Å²) in [7, 11) is 0. The fourth-order valence-electron chi connectivity index (χ4n) is 1.74. The summed E-state index contributed by atoms with van der Waals surface area (Å²) in [6, 6.07) is 9.12. The van der Waals surface area contributed by atoms with Gasteiger partial charge in [-0.15, -0.1) is 0 Å². The highest BCUT2D eigenvalue weighted by molar-refractivity contribution is 9.10. The molecule has 0 saturated heterocycles. The van der Waals surface area contributed by atoms with Gasteiger partial charge in [-0.2, -0.15) is 0 Å². The summed E-state index contributed by atoms with van der Waals surface area (Å²) in [5.74, 6) is -0.660. The van der Waals surface area contributed by atoms with Crippen molar-refractivity contribution in [3.8, 4) is 0 Å². The minimum absolute atomic E-state index is 0.236. The molecule has 0 heterocycles. The molecule has 18 heavy (non-hydrogen) atoms. The van der Waals surface area contributed by atoms with E-state index in [2.05, 4.69) is 15.9 Å². The molecule has 0 fully saturated rings. The number of carbonyl (C=O) groups excluding carboxylic acids is 1. The minimum Gasteiger partial charge on any atom is -0.399 e. The lowest BCUT2D eigenvalue weighted by atomic mass is 9.99. The van der Waals surface area contributed by atoms with E-state index in [0.29, 0.717) is 16.8 Å². The van der Waals surface area contributed by atoms with Crippen molar-refractivity contribution >= 4 is 27.4 Å². The average Bonchev–Trinajstić information content (AvgIpc) is 2.30. The van der Waals surface area contributed by atoms with Crippen LogP contribution in [-0.4, -0.2) is 5.78 Å². The lowest BCUT2D eigenvalue weighted by Crippen LogP contribution is -2.05. The Kier molecular flexibility index (Phi) is 3.48. The third kappa shape index (κ3) is 2.59. The van der Waals surface area contributed by atoms with Crippen molar-refractivity contribution in [2.24, 2.45) is 0 Å². The lowest BCUT2D eigenvalue weighted by Gasteiger charge is -2.06. The van der Waals surface area contributed by atoms with E-state index >= 15 is 0 Å². The molecule has 0 unspecified atom stereocenters. The van der Waals surface area contributed by atoms with Crippen LogP contribution in [-0.2, 0) is 0 Å². The summed E-state index contributed by atoms with van der Waals surface area (Å²) < 4.78 is 13.9. The highest BCUT2D eigenvalue weighted by atomic mass is 79.9. The summed E-state index contributed by atoms with van der Waals surface area (Å²) in [4.78, 5) is 12.3. The van der Waals surface area contributed by atoms with Gasteiger partial charge in [0.25, 0.3) is 0 Å². The number of anilines is 1. The molecule has 0 saturated carbocycles. The second kappa shape index (κ2) is 4.90. The highest BCUT2D eigenvalue weighted by Gasteiger charge is 2.13. The molecule has 0 radical (unpaired) electrons. The maximum absolute atomic E-state index is 13.2. The lowest BCUT2D eigenvalue weighted by molar-refractivity contribution is 0.103. The fourth-order valence-corrected chi connectivity index (χ4v) is 2.25. The Hall–Kier alpha value is -1.68. The topological polar surface area (TPSA) is 43.1 Å². The van der Waals surface area contributed by atoms with Crippen LogP contribution in [0.15, 0.2) is 40.9 Å². The Bertz CT molecular complexity index is 605. The Morgan fingerprint density at radius 1 is 1.22 bits per heavy atom. The Morgan fingerprint density at radius 2 is 1.94 bits per heavy atom. The van der Waals surface area contributed by atoms with Crippen LogP contribution >= 0.6 is 15.9 Å². The van der Waals surface area contributed by atoms with Gasteiger partial charge >= 0.3 is 0 Å². The van der Waals surface area contributed by atoms with Gasteiger partial charge in [0.2, 0.25) is 0 Å². The normalized spacial score (nSPS) is 10.4. The number of nitrogens with two attached hydrogens (primary N) is 1. The largest absolute Gasteiger partial charge is 0.399 e. The number of hydrogen-bond donors (Lipinski definition) is 1. The van der Waals surface area contributed by atoms with E-state index < -0.39 is 5.82 Å². The summed E-state index contributed by atoms with van der Waals surface area (Å²) >= 11 is 3.28. The van der Waals surface area contributed by atoms with Gasteiger partial charge in [-0.25, -0.2) is 4.39 Å². The van der Waals surface area contributed by atoms with E-state index in [1.807, 2.05) is 0 Å². The molecular weight excluding hydrogens is 297 g/mol. The maximum Gasteiger partial charge on any atom is 0.193 e. The predicted molar refractivity (Wildman–Crippen MR) is 73.1 cm³/mol. The van der Waals surface area contributed by atoms with Gasteiger partial charge in [-0.3, -0.25) is 4.79 Å². The summed E-state index contributed by atoms with van der Waals surface area (Å²) in [5.41, 5.74) is 7.71. The first-order chi connectivity index (χ1) is 8.47. The number of hydrogen-bond acceptors (Lipinski definition) is 2. The Labute approximate surface area is 113 Å². The van der Waals surface area contributed by atoms with Crippen molar-refractivity contribution in [3.05, 3.63) is 63.4 Å². The number of carbonyl (C=O) groups is 1. The Balaban J connectivity index is 2.51. The molecule has 4 heteroatoms. The number of halogens is 2. The summed E-state index contributed by atoms with van der Waals surface area (Å²) in [6.07, 6.45) is 0. The van der Waals surface area contributed by atoms with Gasteiger partial charge < -0.3 is 5.73 Å². The molecule has 2 aromatic carbocycles. The molecule has 0 aromatic heterocycles. The molecule has 0 spiro atoms. The van der Waals surface area contributed by atoms with Crippen molar-refractivity contribution in [1.82, 2.24) is 0 Å². The molecule has 0 aliphatic heterocycles. The van der Waals surface area contributed by atoms with E-state index in [1.54, 1.807) is 31.2 Å². The quantitative estimate of drug-likeness (QED) is 0.679. The highest BCUT2D eigenvalue weighted by Crippen LogP contribution is 2.21. The molecule has 0 aliphatic rings. The van der Waals surface area contributed by atoms with Crippen molar-refractivity contribution in [1.29, 1.82) is 0 Å². The van der Waals surface area contributed by atoms with E-state index in [9.17, 15) is 9.18 Å². The maximum atomic E-state index is 13.2. The molecule has 2 N–H and O–H groups in total. The van der Waals surface area contributed by atoms with Crippen LogP contribution in [0.5, 0.6) is 0 Å². The standard InChI is InChI=1S/C14H11BrFNO/c1-8-2-3-11(16)7-13(8)14(18)9-4-10(15)6-12(17)5-9/h2-7H,17H2,1H3. The molecule has 0 bridgehead atoms. The number of nitrogen functional groups attached to an aromatic ring is 1. The number of ketones is 1. The third-order valence-electron chi connectivity index (χ3n) is 2.63. The molecule has 2 rings (SSSR count). The number of benzene rings is 2. The first kappa shape index (κ1) is 12.8. The second-order valence-electron chi connectivity index (χ2n) is 4.06. The third-order valence-corrected chi connectivity index (χ3v) is 3.08. The van der Waals surface area contributed by atoms with E-state index in [-0.39, 0.29) is 5.78 Å². The monoisotopic (exact) mass is 307 g/mol. The van der Waals surface area contributed by atoms with Gasteiger partial charge in [0.1, 0.15) is 5.82 Å². The predicted octanol–water partition coefficient (Wildman–Crippen LogP) is 3.71. The summed E-state index contributed by atoms with van der Waals surface area (Å²) in [6.45, 7) is 1.77. The van der Waals surface area contributed by atoms with Crippen LogP contribution < -0.4 is 5.73 Å². The smallest absolute Gasteiger partial charge is 0.193 e. The molecule has 2 aromatic rings. The van der Waals surface area contributed by atoms with E-state index in [0.717, 1.165) is 10.0 Å². The zero-order chi connectivity index (χ0) is 13.3. The fraction of sp³-hybridized carbons (Fsp3) is 0.0714. The molecule has 0 atom stereocenters. The van der Waals surface area contributed by atoms with Gasteiger partial charge in [0.15, 0.2) is 5.78 Å². The van der Waals surface area contributed by atoms with Crippen molar-refractivity contribution in [2.45, 2.75) is 6.92 Å². The first-order valence-electron chi connectivity index (χ1n) is 5.34. The zero-order valence-corrected chi connectivity index (χ0v) is 11.3. The van der Waals surface area contributed by atoms with Crippen LogP contribution in [0.25, 0.3) is 0 Å². The molecule has 2 nitrogen and oxygen atoms in total. The van der Waals surface area contributed by atoms with E-state index in [4.69, 9.17) is 5.73 Å². The van der Waals surface area contributed by atoms with Crippen LogP contribution in [0, 0.1) is 12.7 Å². The average molecular weight is 308 g/mol. The van der Waals surface area contributed by atoms with Crippen LogP contribution in [0.4, 0.5) is 10.1 Å². The summed E-state index contributed by atoms with van der Waals surface area (Å²) in [5, 5.41) is 0. The molecular formula is C14H11BrFNO. The SMILES string of the molecule is Cc1ccc(F)cc1C(=O)c1cc(N)cc(Br)c1. The van der Waals surface area contributed by atoms with Crippen LogP contribution in [0.2, 0.25) is 0 Å². The van der Waals surface area contributed by atoms with Gasteiger partial charge in [0, 0.05) is 21.3 Å². The van der Waals surface area contributed by atoms with Gasteiger partial charge in [0.05, 0.1) is 0 Å².